The molecule has 0 fully saturated rings. The molecule has 0 atom stereocenters. The highest BCUT2D eigenvalue weighted by Crippen LogP contribution is 2.02. The van der Waals surface area contributed by atoms with E-state index in [-0.39, 0.29) is 5.91 Å². The Morgan fingerprint density at radius 2 is 1.90 bits per heavy atom. The molecule has 2 N–H and O–H groups in total. The first-order valence-corrected chi connectivity index (χ1v) is 3.19. The third-order valence-corrected chi connectivity index (χ3v) is 1.38. The number of carbonyl (C=O) groups is 1. The first kappa shape index (κ1) is 8.95. The van der Waals surface area contributed by atoms with Crippen LogP contribution in [-0.2, 0) is 4.79 Å². The van der Waals surface area contributed by atoms with Gasteiger partial charge in [0.1, 0.15) is 0 Å². The van der Waals surface area contributed by atoms with Crippen molar-refractivity contribution >= 4 is 5.91 Å². The lowest BCUT2D eigenvalue weighted by Gasteiger charge is -1.96. The predicted octanol–water partition coefficient (Wildman–Crippen LogP) is 1.38. The molecule has 0 aromatic rings. The predicted molar refractivity (Wildman–Crippen MR) is 42.4 cm³/mol. The smallest absolute Gasteiger partial charge is 0.244 e. The maximum Gasteiger partial charge on any atom is 0.244 e. The second-order valence-corrected chi connectivity index (χ2v) is 2.17. The molecule has 0 heterocycles. The normalized spacial score (nSPS) is 13.5. The van der Waals surface area contributed by atoms with Crippen LogP contribution >= 0.6 is 0 Å². The fourth-order valence-electron chi connectivity index (χ4n) is 0.569. The minimum atomic E-state index is -0.351. The first-order valence-electron chi connectivity index (χ1n) is 3.19. The van der Waals surface area contributed by atoms with Crippen LogP contribution in [0.25, 0.3) is 0 Å². The van der Waals surface area contributed by atoms with Crippen LogP contribution in [-0.4, -0.2) is 5.91 Å². The molecule has 0 aliphatic heterocycles. The van der Waals surface area contributed by atoms with Gasteiger partial charge in [-0.25, -0.2) is 0 Å². The van der Waals surface area contributed by atoms with Crippen molar-refractivity contribution < 1.29 is 4.79 Å². The summed E-state index contributed by atoms with van der Waals surface area (Å²) in [6.45, 7) is 5.48. The van der Waals surface area contributed by atoms with Crippen LogP contribution in [0.5, 0.6) is 0 Å². The van der Waals surface area contributed by atoms with Crippen LogP contribution in [0.2, 0.25) is 0 Å². The van der Waals surface area contributed by atoms with Gasteiger partial charge in [0.2, 0.25) is 5.91 Å². The topological polar surface area (TPSA) is 43.1 Å². The van der Waals surface area contributed by atoms with Crippen molar-refractivity contribution in [3.8, 4) is 0 Å². The summed E-state index contributed by atoms with van der Waals surface area (Å²) >= 11 is 0. The Morgan fingerprint density at radius 3 is 2.20 bits per heavy atom. The Kier molecular flexibility index (Phi) is 3.47. The van der Waals surface area contributed by atoms with E-state index in [1.165, 1.54) is 0 Å². The maximum absolute atomic E-state index is 10.5. The zero-order chi connectivity index (χ0) is 8.15. The van der Waals surface area contributed by atoms with Gasteiger partial charge in [-0.3, -0.25) is 4.79 Å². The standard InChI is InChI=1S/C8H13NO/c1-4-5-6(2)7(3)8(9)10/h4-5H,1-3H3,(H2,9,10)/b5-4-,7-6-. The van der Waals surface area contributed by atoms with Gasteiger partial charge in [0, 0.05) is 5.57 Å². The Hall–Kier alpha value is -1.05. The lowest BCUT2D eigenvalue weighted by atomic mass is 10.1. The fourth-order valence-corrected chi connectivity index (χ4v) is 0.569. The van der Waals surface area contributed by atoms with Gasteiger partial charge >= 0.3 is 0 Å². The zero-order valence-corrected chi connectivity index (χ0v) is 6.64. The van der Waals surface area contributed by atoms with E-state index in [9.17, 15) is 4.79 Å². The summed E-state index contributed by atoms with van der Waals surface area (Å²) in [6, 6.07) is 0. The molecule has 0 aromatic carbocycles. The molecule has 0 saturated heterocycles. The van der Waals surface area contributed by atoms with Crippen molar-refractivity contribution in [3.05, 3.63) is 23.3 Å². The van der Waals surface area contributed by atoms with Crippen molar-refractivity contribution in [2.75, 3.05) is 0 Å². The average Bonchev–Trinajstić information content (AvgIpc) is 1.87. The van der Waals surface area contributed by atoms with Crippen LogP contribution in [0.15, 0.2) is 23.3 Å². The van der Waals surface area contributed by atoms with Crippen LogP contribution in [0.4, 0.5) is 0 Å². The number of amides is 1. The molecule has 1 amide bonds. The summed E-state index contributed by atoms with van der Waals surface area (Å²) < 4.78 is 0. The molecule has 0 rings (SSSR count). The van der Waals surface area contributed by atoms with Gasteiger partial charge in [0.05, 0.1) is 0 Å². The van der Waals surface area contributed by atoms with Crippen molar-refractivity contribution in [3.63, 3.8) is 0 Å². The molecular weight excluding hydrogens is 126 g/mol. The number of primary amides is 1. The monoisotopic (exact) mass is 139 g/mol. The third-order valence-electron chi connectivity index (χ3n) is 1.38. The lowest BCUT2D eigenvalue weighted by molar-refractivity contribution is -0.114. The minimum absolute atomic E-state index is 0.351. The van der Waals surface area contributed by atoms with Crippen molar-refractivity contribution in [2.45, 2.75) is 20.8 Å². The number of nitrogens with two attached hydrogens (primary N) is 1. The maximum atomic E-state index is 10.5. The van der Waals surface area contributed by atoms with Crippen molar-refractivity contribution in [2.24, 2.45) is 5.73 Å². The molecular formula is C8H13NO. The Labute approximate surface area is 61.4 Å². The summed E-state index contributed by atoms with van der Waals surface area (Å²) in [7, 11) is 0. The van der Waals surface area contributed by atoms with Gasteiger partial charge in [0.25, 0.3) is 0 Å². The molecule has 0 radical (unpaired) electrons. The van der Waals surface area contributed by atoms with E-state index in [4.69, 9.17) is 5.73 Å². The van der Waals surface area contributed by atoms with Crippen molar-refractivity contribution in [1.29, 1.82) is 0 Å². The summed E-state index contributed by atoms with van der Waals surface area (Å²) in [5.74, 6) is -0.351. The largest absolute Gasteiger partial charge is 0.366 e. The van der Waals surface area contributed by atoms with E-state index in [1.54, 1.807) is 6.92 Å². The van der Waals surface area contributed by atoms with Gasteiger partial charge in [-0.1, -0.05) is 12.2 Å². The van der Waals surface area contributed by atoms with E-state index in [0.29, 0.717) is 5.57 Å². The Balaban J connectivity index is 4.50. The molecule has 2 heteroatoms. The Morgan fingerprint density at radius 1 is 1.40 bits per heavy atom. The number of carbonyl (C=O) groups excluding carboxylic acids is 1. The van der Waals surface area contributed by atoms with Crippen molar-refractivity contribution in [1.82, 2.24) is 0 Å². The van der Waals surface area contributed by atoms with E-state index in [2.05, 4.69) is 0 Å². The zero-order valence-electron chi connectivity index (χ0n) is 6.64. The molecule has 0 saturated carbocycles. The van der Waals surface area contributed by atoms with Crippen LogP contribution < -0.4 is 5.73 Å². The highest BCUT2D eigenvalue weighted by molar-refractivity contribution is 5.92. The molecule has 0 aromatic heterocycles. The van der Waals surface area contributed by atoms with E-state index < -0.39 is 0 Å². The fraction of sp³-hybridized carbons (Fsp3) is 0.375. The van der Waals surface area contributed by atoms with Gasteiger partial charge in [-0.05, 0) is 26.3 Å². The number of rotatable bonds is 2. The molecule has 10 heavy (non-hydrogen) atoms. The first-order chi connectivity index (χ1) is 4.59. The van der Waals surface area contributed by atoms with E-state index >= 15 is 0 Å². The highest BCUT2D eigenvalue weighted by Gasteiger charge is 1.98. The molecule has 0 aliphatic carbocycles. The quantitative estimate of drug-likeness (QED) is 0.456. The third kappa shape index (κ3) is 2.49. The van der Waals surface area contributed by atoms with Crippen LogP contribution in [0, 0.1) is 0 Å². The molecule has 0 unspecified atom stereocenters. The van der Waals surface area contributed by atoms with Gasteiger partial charge < -0.3 is 5.73 Å². The molecule has 0 bridgehead atoms. The Bertz CT molecular complexity index is 189. The SMILES string of the molecule is C/C=C\C(C)=C(\C)C(N)=O. The summed E-state index contributed by atoms with van der Waals surface area (Å²) in [6.07, 6.45) is 3.74. The second-order valence-electron chi connectivity index (χ2n) is 2.17. The average molecular weight is 139 g/mol. The number of allylic oxidation sites excluding steroid dienone is 3. The molecule has 2 nitrogen and oxygen atoms in total. The molecule has 0 aliphatic rings. The summed E-state index contributed by atoms with van der Waals surface area (Å²) in [5.41, 5.74) is 6.59. The molecule has 0 spiro atoms. The summed E-state index contributed by atoms with van der Waals surface area (Å²) in [4.78, 5) is 10.5. The summed E-state index contributed by atoms with van der Waals surface area (Å²) in [5, 5.41) is 0. The van der Waals surface area contributed by atoms with Gasteiger partial charge in [0.15, 0.2) is 0 Å². The molecule has 56 valence electrons. The number of hydrogen-bond acceptors (Lipinski definition) is 1. The van der Waals surface area contributed by atoms with Crippen LogP contribution in [0.3, 0.4) is 0 Å². The van der Waals surface area contributed by atoms with Gasteiger partial charge in [-0.2, -0.15) is 0 Å². The highest BCUT2D eigenvalue weighted by atomic mass is 16.1. The lowest BCUT2D eigenvalue weighted by Crippen LogP contribution is -2.12. The second kappa shape index (κ2) is 3.88. The van der Waals surface area contributed by atoms with E-state index in [0.717, 1.165) is 5.57 Å². The van der Waals surface area contributed by atoms with Crippen LogP contribution in [0.1, 0.15) is 20.8 Å². The van der Waals surface area contributed by atoms with E-state index in [1.807, 2.05) is 26.0 Å². The number of hydrogen-bond donors (Lipinski definition) is 1. The minimum Gasteiger partial charge on any atom is -0.366 e. The van der Waals surface area contributed by atoms with Gasteiger partial charge in [-0.15, -0.1) is 0 Å².